The van der Waals surface area contributed by atoms with Gasteiger partial charge in [0.1, 0.15) is 5.54 Å². The highest BCUT2D eigenvalue weighted by Crippen LogP contribution is 2.32. The summed E-state index contributed by atoms with van der Waals surface area (Å²) in [4.78, 5) is 22.5. The van der Waals surface area contributed by atoms with E-state index in [4.69, 9.17) is 5.11 Å². The number of carbonyl (C=O) groups is 2. The number of carboxylic acids is 1. The zero-order valence-electron chi connectivity index (χ0n) is 10.0. The maximum absolute atomic E-state index is 11.5. The third-order valence-corrected chi connectivity index (χ3v) is 2.71. The first kappa shape index (κ1) is 12.7. The molecule has 1 rings (SSSR count). The summed E-state index contributed by atoms with van der Waals surface area (Å²) in [5, 5.41) is 11.6. The van der Waals surface area contributed by atoms with Gasteiger partial charge in [0.25, 0.3) is 0 Å². The molecule has 16 heavy (non-hydrogen) atoms. The van der Waals surface area contributed by atoms with Crippen molar-refractivity contribution in [2.45, 2.75) is 45.6 Å². The molecule has 1 aliphatic rings. The first-order valence-corrected chi connectivity index (χ1v) is 5.50. The van der Waals surface area contributed by atoms with Gasteiger partial charge in [0.05, 0.1) is 0 Å². The summed E-state index contributed by atoms with van der Waals surface area (Å²) in [5.74, 6) is -1.26. The second kappa shape index (κ2) is 4.28. The lowest BCUT2D eigenvalue weighted by Gasteiger charge is -2.37. The van der Waals surface area contributed by atoms with E-state index in [1.165, 1.54) is 6.08 Å². The third-order valence-electron chi connectivity index (χ3n) is 2.71. The van der Waals surface area contributed by atoms with Gasteiger partial charge in [-0.25, -0.2) is 4.79 Å². The molecule has 0 aromatic rings. The van der Waals surface area contributed by atoms with E-state index in [0.29, 0.717) is 12.8 Å². The van der Waals surface area contributed by atoms with Gasteiger partial charge in [-0.3, -0.25) is 4.79 Å². The van der Waals surface area contributed by atoms with Crippen LogP contribution in [-0.4, -0.2) is 22.5 Å². The standard InChI is InChI=1S/C12H19NO3/c1-11(2,3)8-5-9(14)13-12(10(15)16)6-4-7-12/h5,8H,4,6-7H2,1-3H3,(H,13,14)(H,15,16)/b8-5+. The molecule has 0 atom stereocenters. The van der Waals surface area contributed by atoms with Gasteiger partial charge < -0.3 is 10.4 Å². The van der Waals surface area contributed by atoms with Crippen LogP contribution >= 0.6 is 0 Å². The van der Waals surface area contributed by atoms with Crippen LogP contribution in [0.15, 0.2) is 12.2 Å². The largest absolute Gasteiger partial charge is 0.480 e. The lowest BCUT2D eigenvalue weighted by Crippen LogP contribution is -2.58. The van der Waals surface area contributed by atoms with Crippen molar-refractivity contribution in [2.24, 2.45) is 5.41 Å². The van der Waals surface area contributed by atoms with Gasteiger partial charge in [-0.05, 0) is 30.8 Å². The van der Waals surface area contributed by atoms with Crippen molar-refractivity contribution < 1.29 is 14.7 Å². The van der Waals surface area contributed by atoms with Gasteiger partial charge in [-0.1, -0.05) is 26.8 Å². The Balaban J connectivity index is 2.58. The summed E-state index contributed by atoms with van der Waals surface area (Å²) in [5.41, 5.74) is -1.09. The van der Waals surface area contributed by atoms with Gasteiger partial charge in [-0.15, -0.1) is 0 Å². The number of carboxylic acid groups (broad SMARTS) is 1. The topological polar surface area (TPSA) is 66.4 Å². The molecule has 0 spiro atoms. The van der Waals surface area contributed by atoms with Crippen LogP contribution in [0.4, 0.5) is 0 Å². The number of allylic oxidation sites excluding steroid dienone is 1. The first-order valence-electron chi connectivity index (χ1n) is 5.50. The molecular formula is C12H19NO3. The van der Waals surface area contributed by atoms with Crippen LogP contribution < -0.4 is 5.32 Å². The van der Waals surface area contributed by atoms with E-state index in [1.54, 1.807) is 6.08 Å². The van der Waals surface area contributed by atoms with E-state index in [2.05, 4.69) is 5.32 Å². The molecule has 0 aromatic heterocycles. The average Bonchev–Trinajstić information content (AvgIpc) is 2.06. The summed E-state index contributed by atoms with van der Waals surface area (Å²) >= 11 is 0. The molecule has 0 saturated heterocycles. The van der Waals surface area contributed by atoms with Crippen molar-refractivity contribution in [3.8, 4) is 0 Å². The molecular weight excluding hydrogens is 206 g/mol. The molecule has 1 saturated carbocycles. The van der Waals surface area contributed by atoms with Crippen molar-refractivity contribution in [1.29, 1.82) is 0 Å². The maximum Gasteiger partial charge on any atom is 0.329 e. The van der Waals surface area contributed by atoms with Crippen LogP contribution in [0.3, 0.4) is 0 Å². The zero-order chi connectivity index (χ0) is 12.4. The van der Waals surface area contributed by atoms with E-state index in [1.807, 2.05) is 20.8 Å². The van der Waals surface area contributed by atoms with Crippen molar-refractivity contribution in [3.63, 3.8) is 0 Å². The Bertz CT molecular complexity index is 322. The van der Waals surface area contributed by atoms with Gasteiger partial charge in [0.15, 0.2) is 0 Å². The van der Waals surface area contributed by atoms with E-state index in [0.717, 1.165) is 6.42 Å². The average molecular weight is 225 g/mol. The molecule has 1 amide bonds. The predicted molar refractivity (Wildman–Crippen MR) is 61.0 cm³/mol. The molecule has 1 aliphatic carbocycles. The van der Waals surface area contributed by atoms with Crippen LogP contribution in [-0.2, 0) is 9.59 Å². The molecule has 4 nitrogen and oxygen atoms in total. The van der Waals surface area contributed by atoms with E-state index < -0.39 is 11.5 Å². The van der Waals surface area contributed by atoms with Crippen molar-refractivity contribution >= 4 is 11.9 Å². The predicted octanol–water partition coefficient (Wildman–Crippen LogP) is 1.71. The minimum absolute atomic E-state index is 0.0761. The fourth-order valence-electron chi connectivity index (χ4n) is 1.53. The third kappa shape index (κ3) is 3.08. The molecule has 0 bridgehead atoms. The van der Waals surface area contributed by atoms with E-state index in [-0.39, 0.29) is 11.3 Å². The van der Waals surface area contributed by atoms with Crippen molar-refractivity contribution in [2.75, 3.05) is 0 Å². The van der Waals surface area contributed by atoms with Crippen molar-refractivity contribution in [1.82, 2.24) is 5.32 Å². The second-order valence-corrected chi connectivity index (χ2v) is 5.43. The van der Waals surface area contributed by atoms with Crippen LogP contribution in [0.5, 0.6) is 0 Å². The van der Waals surface area contributed by atoms with Crippen LogP contribution in [0, 0.1) is 5.41 Å². The SMILES string of the molecule is CC(C)(C)/C=C/C(=O)NC1(C(=O)O)CCC1. The highest BCUT2D eigenvalue weighted by Gasteiger charge is 2.45. The Labute approximate surface area is 95.7 Å². The smallest absolute Gasteiger partial charge is 0.329 e. The number of hydrogen-bond acceptors (Lipinski definition) is 2. The monoisotopic (exact) mass is 225 g/mol. The maximum atomic E-state index is 11.5. The van der Waals surface area contributed by atoms with Crippen LogP contribution in [0.25, 0.3) is 0 Å². The Morgan fingerprint density at radius 1 is 1.31 bits per heavy atom. The van der Waals surface area contributed by atoms with Crippen molar-refractivity contribution in [3.05, 3.63) is 12.2 Å². The van der Waals surface area contributed by atoms with E-state index >= 15 is 0 Å². The molecule has 1 fully saturated rings. The molecule has 0 unspecified atom stereocenters. The number of hydrogen-bond donors (Lipinski definition) is 2. The van der Waals surface area contributed by atoms with Gasteiger partial charge in [0, 0.05) is 0 Å². The summed E-state index contributed by atoms with van der Waals surface area (Å²) in [6, 6.07) is 0. The fourth-order valence-corrected chi connectivity index (χ4v) is 1.53. The highest BCUT2D eigenvalue weighted by atomic mass is 16.4. The number of nitrogens with one attached hydrogen (secondary N) is 1. The summed E-state index contributed by atoms with van der Waals surface area (Å²) in [7, 11) is 0. The Morgan fingerprint density at radius 2 is 1.88 bits per heavy atom. The Hall–Kier alpha value is -1.32. The molecule has 0 aliphatic heterocycles. The van der Waals surface area contributed by atoms with Crippen LogP contribution in [0.2, 0.25) is 0 Å². The molecule has 4 heteroatoms. The zero-order valence-corrected chi connectivity index (χ0v) is 10.0. The molecule has 2 N–H and O–H groups in total. The molecule has 0 radical (unpaired) electrons. The number of carbonyl (C=O) groups excluding carboxylic acids is 1. The second-order valence-electron chi connectivity index (χ2n) is 5.43. The number of aliphatic carboxylic acids is 1. The fraction of sp³-hybridized carbons (Fsp3) is 0.667. The molecule has 0 heterocycles. The van der Waals surface area contributed by atoms with E-state index in [9.17, 15) is 9.59 Å². The Kier molecular flexibility index (Phi) is 3.41. The normalized spacial score (nSPS) is 19.2. The lowest BCUT2D eigenvalue weighted by molar-refractivity contribution is -0.151. The van der Waals surface area contributed by atoms with Gasteiger partial charge in [-0.2, -0.15) is 0 Å². The summed E-state index contributed by atoms with van der Waals surface area (Å²) < 4.78 is 0. The number of amides is 1. The summed E-state index contributed by atoms with van der Waals surface area (Å²) in [6.07, 6.45) is 5.10. The molecule has 90 valence electrons. The minimum atomic E-state index is -1.01. The number of rotatable bonds is 3. The lowest BCUT2D eigenvalue weighted by atomic mass is 9.76. The molecule has 0 aromatic carbocycles. The van der Waals surface area contributed by atoms with Gasteiger partial charge in [0.2, 0.25) is 5.91 Å². The first-order chi connectivity index (χ1) is 7.25. The highest BCUT2D eigenvalue weighted by molar-refractivity contribution is 5.93. The minimum Gasteiger partial charge on any atom is -0.480 e. The quantitative estimate of drug-likeness (QED) is 0.718. The Morgan fingerprint density at radius 3 is 2.19 bits per heavy atom. The van der Waals surface area contributed by atoms with Crippen LogP contribution in [0.1, 0.15) is 40.0 Å². The van der Waals surface area contributed by atoms with Gasteiger partial charge >= 0.3 is 5.97 Å². The summed E-state index contributed by atoms with van der Waals surface area (Å²) in [6.45, 7) is 5.94.